The monoisotopic (exact) mass is 300 g/mol. The summed E-state index contributed by atoms with van der Waals surface area (Å²) in [6.45, 7) is 0.481. The standard InChI is InChI=1S/C15H16N4O3/c1-21-10-7-9-5-3-4-6-19-14(12(9)11(8-10)22-2)17-18-15(19)13(16)20/h3-4,7-8H,5-6H2,1-2H3,(H2,16,20)/b4-3-. The highest BCUT2D eigenvalue weighted by atomic mass is 16.5. The highest BCUT2D eigenvalue weighted by Gasteiger charge is 2.23. The van der Waals surface area contributed by atoms with Gasteiger partial charge in [0.2, 0.25) is 5.82 Å². The summed E-state index contributed by atoms with van der Waals surface area (Å²) in [5.74, 6) is 1.40. The van der Waals surface area contributed by atoms with Crippen LogP contribution in [0.15, 0.2) is 24.3 Å². The van der Waals surface area contributed by atoms with Crippen LogP contribution in [0.5, 0.6) is 11.5 Å². The number of nitrogens with zero attached hydrogens (tertiary/aromatic N) is 3. The van der Waals surface area contributed by atoms with E-state index in [1.54, 1.807) is 24.9 Å². The molecule has 0 saturated heterocycles. The molecular formula is C15H16N4O3. The fourth-order valence-corrected chi connectivity index (χ4v) is 2.57. The smallest absolute Gasteiger partial charge is 0.286 e. The number of carbonyl (C=O) groups excluding carboxylic acids is 1. The number of amides is 1. The van der Waals surface area contributed by atoms with Crippen molar-refractivity contribution in [2.75, 3.05) is 14.2 Å². The molecule has 0 radical (unpaired) electrons. The number of rotatable bonds is 3. The van der Waals surface area contributed by atoms with Crippen LogP contribution in [0.1, 0.15) is 16.2 Å². The molecule has 0 fully saturated rings. The average Bonchev–Trinajstić information content (AvgIpc) is 2.91. The Labute approximate surface area is 127 Å². The highest BCUT2D eigenvalue weighted by Crippen LogP contribution is 2.37. The summed E-state index contributed by atoms with van der Waals surface area (Å²) in [6.07, 6.45) is 4.68. The van der Waals surface area contributed by atoms with Crippen LogP contribution in [0.25, 0.3) is 11.4 Å². The second kappa shape index (κ2) is 5.51. The fourth-order valence-electron chi connectivity index (χ4n) is 2.57. The van der Waals surface area contributed by atoms with Gasteiger partial charge in [-0.05, 0) is 18.1 Å². The molecule has 0 bridgehead atoms. The minimum Gasteiger partial charge on any atom is -0.497 e. The van der Waals surface area contributed by atoms with Crippen LogP contribution in [-0.4, -0.2) is 34.9 Å². The number of aromatic nitrogens is 3. The van der Waals surface area contributed by atoms with Gasteiger partial charge >= 0.3 is 0 Å². The molecule has 114 valence electrons. The molecule has 1 aromatic carbocycles. The largest absolute Gasteiger partial charge is 0.497 e. The molecule has 1 aromatic heterocycles. The van der Waals surface area contributed by atoms with Crippen LogP contribution in [0, 0.1) is 0 Å². The number of carbonyl (C=O) groups is 1. The van der Waals surface area contributed by atoms with E-state index >= 15 is 0 Å². The molecule has 1 aliphatic heterocycles. The third-order valence-electron chi connectivity index (χ3n) is 3.60. The van der Waals surface area contributed by atoms with E-state index in [9.17, 15) is 4.79 Å². The molecule has 0 atom stereocenters. The Morgan fingerprint density at radius 1 is 1.23 bits per heavy atom. The van der Waals surface area contributed by atoms with E-state index in [4.69, 9.17) is 15.2 Å². The van der Waals surface area contributed by atoms with E-state index in [-0.39, 0.29) is 5.82 Å². The minimum atomic E-state index is -0.609. The molecular weight excluding hydrogens is 284 g/mol. The van der Waals surface area contributed by atoms with Crippen LogP contribution < -0.4 is 15.2 Å². The number of nitrogens with two attached hydrogens (primary N) is 1. The van der Waals surface area contributed by atoms with Crippen molar-refractivity contribution in [1.82, 2.24) is 14.8 Å². The molecule has 1 aliphatic rings. The zero-order chi connectivity index (χ0) is 15.7. The van der Waals surface area contributed by atoms with E-state index in [2.05, 4.69) is 10.2 Å². The van der Waals surface area contributed by atoms with Crippen molar-refractivity contribution in [2.45, 2.75) is 13.0 Å². The minimum absolute atomic E-state index is 0.130. The van der Waals surface area contributed by atoms with Gasteiger partial charge in [0.05, 0.1) is 19.8 Å². The molecule has 1 amide bonds. The SMILES string of the molecule is COc1cc2c(c(OC)c1)-c1nnc(C(N)=O)n1C/C=C\C2. The normalized spacial score (nSPS) is 14.3. The van der Waals surface area contributed by atoms with Crippen molar-refractivity contribution in [3.63, 3.8) is 0 Å². The Morgan fingerprint density at radius 2 is 2.05 bits per heavy atom. The van der Waals surface area contributed by atoms with Crippen LogP contribution in [0.2, 0.25) is 0 Å². The number of fused-ring (bicyclic) bond motifs is 3. The summed E-state index contributed by atoms with van der Waals surface area (Å²) in [6, 6.07) is 3.71. The summed E-state index contributed by atoms with van der Waals surface area (Å²) in [5, 5.41) is 8.06. The number of methoxy groups -OCH3 is 2. The summed E-state index contributed by atoms with van der Waals surface area (Å²) < 4.78 is 12.5. The lowest BCUT2D eigenvalue weighted by Gasteiger charge is -2.17. The Morgan fingerprint density at radius 3 is 2.73 bits per heavy atom. The molecule has 0 spiro atoms. The zero-order valence-electron chi connectivity index (χ0n) is 12.4. The van der Waals surface area contributed by atoms with E-state index < -0.39 is 5.91 Å². The second-order valence-corrected chi connectivity index (χ2v) is 4.86. The number of hydrogen-bond donors (Lipinski definition) is 1. The van der Waals surface area contributed by atoms with Crippen molar-refractivity contribution < 1.29 is 14.3 Å². The van der Waals surface area contributed by atoms with Gasteiger partial charge < -0.3 is 15.2 Å². The van der Waals surface area contributed by atoms with E-state index in [1.165, 1.54) is 0 Å². The predicted octanol–water partition coefficient (Wildman–Crippen LogP) is 1.17. The zero-order valence-corrected chi connectivity index (χ0v) is 12.4. The van der Waals surface area contributed by atoms with E-state index in [0.29, 0.717) is 30.3 Å². The summed E-state index contributed by atoms with van der Waals surface area (Å²) >= 11 is 0. The first kappa shape index (κ1) is 14.1. The topological polar surface area (TPSA) is 92.3 Å². The Hall–Kier alpha value is -2.83. The van der Waals surface area contributed by atoms with Crippen molar-refractivity contribution in [3.05, 3.63) is 35.7 Å². The second-order valence-electron chi connectivity index (χ2n) is 4.86. The maximum Gasteiger partial charge on any atom is 0.286 e. The van der Waals surface area contributed by atoms with E-state index in [0.717, 1.165) is 11.1 Å². The summed E-state index contributed by atoms with van der Waals surface area (Å²) in [5.41, 5.74) is 7.15. The lowest BCUT2D eigenvalue weighted by molar-refractivity contribution is 0.0986. The Kier molecular flexibility index (Phi) is 3.54. The van der Waals surface area contributed by atoms with Gasteiger partial charge in [-0.3, -0.25) is 9.36 Å². The van der Waals surface area contributed by atoms with Gasteiger partial charge in [0.1, 0.15) is 11.5 Å². The van der Waals surface area contributed by atoms with Crippen LogP contribution in [0.3, 0.4) is 0 Å². The molecule has 3 rings (SSSR count). The van der Waals surface area contributed by atoms with Gasteiger partial charge in [-0.1, -0.05) is 12.2 Å². The lowest BCUT2D eigenvalue weighted by Crippen LogP contribution is -2.19. The molecule has 0 aliphatic carbocycles. The number of benzene rings is 1. The molecule has 0 saturated carbocycles. The summed E-state index contributed by atoms with van der Waals surface area (Å²) in [7, 11) is 3.19. The first-order valence-corrected chi connectivity index (χ1v) is 6.79. The van der Waals surface area contributed by atoms with E-state index in [1.807, 2.05) is 18.2 Å². The first-order valence-electron chi connectivity index (χ1n) is 6.79. The Balaban J connectivity index is 2.30. The molecule has 2 heterocycles. The molecule has 2 N–H and O–H groups in total. The van der Waals surface area contributed by atoms with Gasteiger partial charge in [-0.15, -0.1) is 10.2 Å². The van der Waals surface area contributed by atoms with Gasteiger partial charge in [-0.25, -0.2) is 0 Å². The van der Waals surface area contributed by atoms with Gasteiger partial charge in [0, 0.05) is 12.6 Å². The molecule has 22 heavy (non-hydrogen) atoms. The molecule has 2 aromatic rings. The van der Waals surface area contributed by atoms with Crippen LogP contribution in [0.4, 0.5) is 0 Å². The summed E-state index contributed by atoms with van der Waals surface area (Å²) in [4.78, 5) is 11.5. The van der Waals surface area contributed by atoms with Crippen molar-refractivity contribution in [3.8, 4) is 22.9 Å². The van der Waals surface area contributed by atoms with Crippen LogP contribution in [-0.2, 0) is 13.0 Å². The number of ether oxygens (including phenoxy) is 2. The molecule has 0 unspecified atom stereocenters. The maximum atomic E-state index is 11.5. The first-order chi connectivity index (χ1) is 10.7. The third kappa shape index (κ3) is 2.20. The number of allylic oxidation sites excluding steroid dienone is 2. The number of hydrogen-bond acceptors (Lipinski definition) is 5. The van der Waals surface area contributed by atoms with Gasteiger partial charge in [0.15, 0.2) is 5.82 Å². The lowest BCUT2D eigenvalue weighted by atomic mass is 10.0. The third-order valence-corrected chi connectivity index (χ3v) is 3.60. The van der Waals surface area contributed by atoms with Crippen molar-refractivity contribution >= 4 is 5.91 Å². The quantitative estimate of drug-likeness (QED) is 0.859. The molecule has 7 nitrogen and oxygen atoms in total. The number of primary amides is 1. The van der Waals surface area contributed by atoms with Crippen LogP contribution >= 0.6 is 0 Å². The maximum absolute atomic E-state index is 11.5. The van der Waals surface area contributed by atoms with Gasteiger partial charge in [-0.2, -0.15) is 0 Å². The average molecular weight is 300 g/mol. The Bertz CT molecular complexity index is 764. The predicted molar refractivity (Wildman–Crippen MR) is 79.9 cm³/mol. The fraction of sp³-hybridized carbons (Fsp3) is 0.267. The highest BCUT2D eigenvalue weighted by molar-refractivity contribution is 5.90. The van der Waals surface area contributed by atoms with Crippen molar-refractivity contribution in [1.29, 1.82) is 0 Å². The van der Waals surface area contributed by atoms with Crippen molar-refractivity contribution in [2.24, 2.45) is 5.73 Å². The van der Waals surface area contributed by atoms with Gasteiger partial charge in [0.25, 0.3) is 5.91 Å². The molecule has 7 heteroatoms.